The fourth-order valence-corrected chi connectivity index (χ4v) is 1.35. The van der Waals surface area contributed by atoms with E-state index in [1.54, 1.807) is 30.3 Å². The number of nitrogens with one attached hydrogen (secondary N) is 1. The SMILES string of the molecule is C=C/C(=C\C=C(C)C)NC(=O)c1ccc(Cl)cc1. The van der Waals surface area contributed by atoms with Crippen LogP contribution in [0.25, 0.3) is 0 Å². The summed E-state index contributed by atoms with van der Waals surface area (Å²) in [6.45, 7) is 7.64. The van der Waals surface area contributed by atoms with E-state index in [-0.39, 0.29) is 5.91 Å². The number of allylic oxidation sites excluding steroid dienone is 4. The number of hydrogen-bond acceptors (Lipinski definition) is 1. The number of halogens is 1. The van der Waals surface area contributed by atoms with Gasteiger partial charge in [0.1, 0.15) is 0 Å². The van der Waals surface area contributed by atoms with Crippen molar-refractivity contribution >= 4 is 17.5 Å². The molecule has 1 amide bonds. The van der Waals surface area contributed by atoms with Crippen molar-refractivity contribution < 1.29 is 4.79 Å². The third-order valence-corrected chi connectivity index (χ3v) is 2.43. The Morgan fingerprint density at radius 3 is 2.33 bits per heavy atom. The van der Waals surface area contributed by atoms with Gasteiger partial charge in [0, 0.05) is 16.3 Å². The van der Waals surface area contributed by atoms with E-state index < -0.39 is 0 Å². The number of hydrogen-bond donors (Lipinski definition) is 1. The summed E-state index contributed by atoms with van der Waals surface area (Å²) >= 11 is 5.77. The standard InChI is InChI=1S/C15H16ClNO/c1-4-14(10-5-11(2)3)17-15(18)12-6-8-13(16)9-7-12/h4-10H,1H2,2-3H3,(H,17,18)/b14-10+. The van der Waals surface area contributed by atoms with Crippen LogP contribution in [0, 0.1) is 0 Å². The molecule has 0 fully saturated rings. The molecule has 18 heavy (non-hydrogen) atoms. The van der Waals surface area contributed by atoms with Gasteiger partial charge in [-0.25, -0.2) is 0 Å². The summed E-state index contributed by atoms with van der Waals surface area (Å²) in [6, 6.07) is 6.73. The maximum atomic E-state index is 11.9. The minimum atomic E-state index is -0.181. The van der Waals surface area contributed by atoms with Crippen molar-refractivity contribution in [3.63, 3.8) is 0 Å². The maximum absolute atomic E-state index is 11.9. The Labute approximate surface area is 113 Å². The zero-order valence-corrected chi connectivity index (χ0v) is 11.3. The van der Waals surface area contributed by atoms with Crippen LogP contribution >= 0.6 is 11.6 Å². The van der Waals surface area contributed by atoms with Gasteiger partial charge in [0.2, 0.25) is 0 Å². The lowest BCUT2D eigenvalue weighted by molar-refractivity contribution is 0.0967. The molecule has 0 unspecified atom stereocenters. The highest BCUT2D eigenvalue weighted by atomic mass is 35.5. The van der Waals surface area contributed by atoms with Gasteiger partial charge in [0.05, 0.1) is 0 Å². The van der Waals surface area contributed by atoms with Gasteiger partial charge in [-0.15, -0.1) is 0 Å². The average Bonchev–Trinajstić information content (AvgIpc) is 2.34. The molecule has 1 aromatic carbocycles. The Kier molecular flexibility index (Phi) is 5.40. The summed E-state index contributed by atoms with van der Waals surface area (Å²) in [5, 5.41) is 3.38. The van der Waals surface area contributed by atoms with Gasteiger partial charge in [-0.1, -0.05) is 29.8 Å². The van der Waals surface area contributed by atoms with Crippen LogP contribution in [0.5, 0.6) is 0 Å². The number of benzene rings is 1. The van der Waals surface area contributed by atoms with Gasteiger partial charge in [0.15, 0.2) is 0 Å². The van der Waals surface area contributed by atoms with Crippen molar-refractivity contribution in [1.82, 2.24) is 5.32 Å². The zero-order chi connectivity index (χ0) is 13.5. The molecule has 0 aliphatic heterocycles. The highest BCUT2D eigenvalue weighted by Gasteiger charge is 2.05. The van der Waals surface area contributed by atoms with E-state index in [4.69, 9.17) is 11.6 Å². The van der Waals surface area contributed by atoms with E-state index in [2.05, 4.69) is 11.9 Å². The molecular formula is C15H16ClNO. The van der Waals surface area contributed by atoms with Gasteiger partial charge in [-0.05, 0) is 50.3 Å². The van der Waals surface area contributed by atoms with Gasteiger partial charge in [-0.2, -0.15) is 0 Å². The molecule has 0 aliphatic carbocycles. The third-order valence-electron chi connectivity index (χ3n) is 2.18. The number of carbonyl (C=O) groups is 1. The minimum absolute atomic E-state index is 0.181. The van der Waals surface area contributed by atoms with E-state index in [9.17, 15) is 4.79 Å². The van der Waals surface area contributed by atoms with Gasteiger partial charge >= 0.3 is 0 Å². The van der Waals surface area contributed by atoms with Crippen molar-refractivity contribution in [2.75, 3.05) is 0 Å². The second-order valence-corrected chi connectivity index (χ2v) is 4.47. The monoisotopic (exact) mass is 261 g/mol. The van der Waals surface area contributed by atoms with Crippen molar-refractivity contribution in [2.45, 2.75) is 13.8 Å². The fraction of sp³-hybridized carbons (Fsp3) is 0.133. The molecule has 2 nitrogen and oxygen atoms in total. The summed E-state index contributed by atoms with van der Waals surface area (Å²) in [5.41, 5.74) is 2.37. The van der Waals surface area contributed by atoms with Gasteiger partial charge in [0.25, 0.3) is 5.91 Å². The van der Waals surface area contributed by atoms with Crippen LogP contribution in [0.1, 0.15) is 24.2 Å². The lowest BCUT2D eigenvalue weighted by Crippen LogP contribution is -2.21. The topological polar surface area (TPSA) is 29.1 Å². The van der Waals surface area contributed by atoms with Crippen LogP contribution in [0.15, 0.2) is 60.3 Å². The van der Waals surface area contributed by atoms with Crippen LogP contribution in [0.3, 0.4) is 0 Å². The predicted molar refractivity (Wildman–Crippen MR) is 76.6 cm³/mol. The first-order chi connectivity index (χ1) is 8.52. The Morgan fingerprint density at radius 1 is 1.22 bits per heavy atom. The van der Waals surface area contributed by atoms with E-state index in [1.165, 1.54) is 0 Å². The zero-order valence-electron chi connectivity index (χ0n) is 10.5. The molecule has 0 saturated heterocycles. The first-order valence-corrected chi connectivity index (χ1v) is 5.95. The molecule has 0 aromatic heterocycles. The molecule has 3 heteroatoms. The molecular weight excluding hydrogens is 246 g/mol. The molecule has 0 saturated carbocycles. The van der Waals surface area contributed by atoms with Gasteiger partial charge in [-0.3, -0.25) is 4.79 Å². The Hall–Kier alpha value is -1.80. The average molecular weight is 262 g/mol. The first kappa shape index (κ1) is 14.3. The van der Waals surface area contributed by atoms with Crippen molar-refractivity contribution in [2.24, 2.45) is 0 Å². The van der Waals surface area contributed by atoms with Crippen LogP contribution < -0.4 is 5.32 Å². The molecule has 0 bridgehead atoms. The molecule has 0 heterocycles. The number of amides is 1. The summed E-state index contributed by atoms with van der Waals surface area (Å²) in [5.74, 6) is -0.181. The smallest absolute Gasteiger partial charge is 0.255 e. The molecule has 94 valence electrons. The Morgan fingerprint density at radius 2 is 1.83 bits per heavy atom. The molecule has 1 aromatic rings. The second kappa shape index (κ2) is 6.82. The number of carbonyl (C=O) groups excluding carboxylic acids is 1. The second-order valence-electron chi connectivity index (χ2n) is 4.03. The predicted octanol–water partition coefficient (Wildman–Crippen LogP) is 4.11. The molecule has 0 spiro atoms. The van der Waals surface area contributed by atoms with E-state index in [0.717, 1.165) is 5.57 Å². The lowest BCUT2D eigenvalue weighted by Gasteiger charge is -2.05. The highest BCUT2D eigenvalue weighted by Crippen LogP contribution is 2.10. The van der Waals surface area contributed by atoms with Gasteiger partial charge < -0.3 is 5.32 Å². The fourth-order valence-electron chi connectivity index (χ4n) is 1.22. The molecule has 0 aliphatic rings. The summed E-state index contributed by atoms with van der Waals surface area (Å²) in [6.07, 6.45) is 5.34. The van der Waals surface area contributed by atoms with E-state index in [1.807, 2.05) is 26.0 Å². The van der Waals surface area contributed by atoms with E-state index >= 15 is 0 Å². The maximum Gasteiger partial charge on any atom is 0.255 e. The largest absolute Gasteiger partial charge is 0.322 e. The third kappa shape index (κ3) is 4.60. The van der Waals surface area contributed by atoms with Crippen LogP contribution in [0.2, 0.25) is 5.02 Å². The van der Waals surface area contributed by atoms with E-state index in [0.29, 0.717) is 16.3 Å². The molecule has 0 radical (unpaired) electrons. The quantitative estimate of drug-likeness (QED) is 0.812. The number of rotatable bonds is 4. The normalized spacial score (nSPS) is 10.7. The van der Waals surface area contributed by atoms with Crippen LogP contribution in [-0.4, -0.2) is 5.91 Å². The van der Waals surface area contributed by atoms with Crippen LogP contribution in [-0.2, 0) is 0 Å². The Bertz CT molecular complexity index is 494. The van der Waals surface area contributed by atoms with Crippen molar-refractivity contribution in [3.8, 4) is 0 Å². The molecule has 1 rings (SSSR count). The summed E-state index contributed by atoms with van der Waals surface area (Å²) in [7, 11) is 0. The van der Waals surface area contributed by atoms with Crippen LogP contribution in [0.4, 0.5) is 0 Å². The Balaban J connectivity index is 2.80. The lowest BCUT2D eigenvalue weighted by atomic mass is 10.2. The molecule has 1 N–H and O–H groups in total. The molecule has 0 atom stereocenters. The first-order valence-electron chi connectivity index (χ1n) is 5.57. The summed E-state index contributed by atoms with van der Waals surface area (Å²) < 4.78 is 0. The summed E-state index contributed by atoms with van der Waals surface area (Å²) in [4.78, 5) is 11.9. The highest BCUT2D eigenvalue weighted by molar-refractivity contribution is 6.30. The minimum Gasteiger partial charge on any atom is -0.322 e. The van der Waals surface area contributed by atoms with Crippen molar-refractivity contribution in [3.05, 3.63) is 70.9 Å². The van der Waals surface area contributed by atoms with Crippen molar-refractivity contribution in [1.29, 1.82) is 0 Å².